The van der Waals surface area contributed by atoms with Crippen molar-refractivity contribution in [1.82, 2.24) is 0 Å². The predicted octanol–water partition coefficient (Wildman–Crippen LogP) is 14.1. The second-order valence-electron chi connectivity index (χ2n) is 13.5. The lowest BCUT2D eigenvalue weighted by Crippen LogP contribution is -1.93. The van der Waals surface area contributed by atoms with Gasteiger partial charge in [-0.1, -0.05) is 226 Å². The number of carboxylic acids is 1. The van der Waals surface area contributed by atoms with Gasteiger partial charge in [-0.25, -0.2) is 0 Å². The number of unbranched alkanes of at least 4 members (excludes halogenated alkanes) is 33. The van der Waals surface area contributed by atoms with Crippen LogP contribution in [0.1, 0.15) is 245 Å². The Hall–Kier alpha value is -0.570. The van der Waals surface area contributed by atoms with Crippen molar-refractivity contribution < 1.29 is 15.0 Å². The molecular formula is C40H82O3. The number of carbonyl (C=O) groups is 1. The first-order valence-electron chi connectivity index (χ1n) is 20.0. The van der Waals surface area contributed by atoms with E-state index >= 15 is 0 Å². The summed E-state index contributed by atoms with van der Waals surface area (Å²) in [6.45, 7) is 4.94. The second-order valence-corrected chi connectivity index (χ2v) is 13.5. The molecule has 0 aromatic carbocycles. The topological polar surface area (TPSA) is 57.5 Å². The summed E-state index contributed by atoms with van der Waals surface area (Å²) in [7, 11) is 0. The van der Waals surface area contributed by atoms with Gasteiger partial charge >= 0.3 is 5.97 Å². The Morgan fingerprint density at radius 3 is 0.698 bits per heavy atom. The summed E-state index contributed by atoms with van der Waals surface area (Å²) in [5.41, 5.74) is 0. The number of hydrogen-bond donors (Lipinski definition) is 2. The summed E-state index contributed by atoms with van der Waals surface area (Å²) in [6.07, 6.45) is 48.3. The number of aliphatic carboxylic acids is 1. The maximum Gasteiger partial charge on any atom is 0.303 e. The molecule has 0 atom stereocenters. The highest BCUT2D eigenvalue weighted by Crippen LogP contribution is 2.15. The molecule has 0 saturated heterocycles. The molecule has 0 aliphatic heterocycles. The molecule has 2 N–H and O–H groups in total. The first-order valence-corrected chi connectivity index (χ1v) is 20.0. The standard InChI is InChI=1S/C22H46O.C18H36O2/c1-2-3-4-5-6-7-8-9-10-11-12-13-14-15-16-17-18-19-20-21-22-23;1-2-3-4-5-6-7-8-9-10-11-12-13-14-15-16-17-18(19)20/h23H,2-22H2,1H3;2-17H2,1H3,(H,19,20). The first-order chi connectivity index (χ1) is 21.2. The Morgan fingerprint density at radius 2 is 0.512 bits per heavy atom. The molecular weight excluding hydrogens is 528 g/mol. The molecule has 3 heteroatoms. The molecule has 0 unspecified atom stereocenters. The zero-order valence-corrected chi connectivity index (χ0v) is 30.0. The van der Waals surface area contributed by atoms with E-state index in [0.29, 0.717) is 13.0 Å². The molecule has 0 fully saturated rings. The van der Waals surface area contributed by atoms with Gasteiger partial charge in [-0.3, -0.25) is 4.79 Å². The van der Waals surface area contributed by atoms with Gasteiger partial charge in [0.2, 0.25) is 0 Å². The molecule has 260 valence electrons. The number of rotatable bonds is 36. The second kappa shape index (κ2) is 43.6. The van der Waals surface area contributed by atoms with Crippen LogP contribution in [-0.2, 0) is 4.79 Å². The SMILES string of the molecule is CCCCCCCCCCCCCCCCCC(=O)O.CCCCCCCCCCCCCCCCCCCCCCO. The lowest BCUT2D eigenvalue weighted by Gasteiger charge is -2.03. The summed E-state index contributed by atoms with van der Waals surface area (Å²) in [6, 6.07) is 0. The van der Waals surface area contributed by atoms with Gasteiger partial charge in [-0.05, 0) is 12.8 Å². The van der Waals surface area contributed by atoms with Crippen LogP contribution in [0, 0.1) is 0 Å². The summed E-state index contributed by atoms with van der Waals surface area (Å²) >= 11 is 0. The molecule has 0 aromatic rings. The zero-order valence-electron chi connectivity index (χ0n) is 30.0. The highest BCUT2D eigenvalue weighted by atomic mass is 16.4. The average molecular weight is 611 g/mol. The number of hydrogen-bond acceptors (Lipinski definition) is 2. The Kier molecular flexibility index (Phi) is 45.1. The number of aliphatic hydroxyl groups is 1. The lowest BCUT2D eigenvalue weighted by molar-refractivity contribution is -0.137. The molecule has 0 amide bonds. The fraction of sp³-hybridized carbons (Fsp3) is 0.975. The number of carboxylic acid groups (broad SMARTS) is 1. The van der Waals surface area contributed by atoms with E-state index in [4.69, 9.17) is 10.2 Å². The first kappa shape index (κ1) is 44.6. The van der Waals surface area contributed by atoms with Crippen LogP contribution >= 0.6 is 0 Å². The minimum atomic E-state index is -0.653. The smallest absolute Gasteiger partial charge is 0.303 e. The Bertz CT molecular complexity index is 458. The molecule has 0 rings (SSSR count). The maximum absolute atomic E-state index is 10.3. The Balaban J connectivity index is 0. The molecule has 0 aromatic heterocycles. The minimum Gasteiger partial charge on any atom is -0.481 e. The van der Waals surface area contributed by atoms with Crippen LogP contribution in [-0.4, -0.2) is 22.8 Å². The van der Waals surface area contributed by atoms with Gasteiger partial charge < -0.3 is 10.2 Å². The van der Waals surface area contributed by atoms with E-state index in [1.165, 1.54) is 205 Å². The fourth-order valence-corrected chi connectivity index (χ4v) is 6.01. The summed E-state index contributed by atoms with van der Waals surface area (Å²) in [4.78, 5) is 10.3. The van der Waals surface area contributed by atoms with E-state index in [0.717, 1.165) is 19.3 Å². The molecule has 43 heavy (non-hydrogen) atoms. The minimum absolute atomic E-state index is 0.345. The van der Waals surface area contributed by atoms with E-state index in [2.05, 4.69) is 13.8 Å². The molecule has 0 spiro atoms. The zero-order chi connectivity index (χ0) is 31.7. The van der Waals surface area contributed by atoms with Crippen molar-refractivity contribution in [2.75, 3.05) is 6.61 Å². The molecule has 0 aliphatic carbocycles. The van der Waals surface area contributed by atoms with Crippen LogP contribution in [0.15, 0.2) is 0 Å². The van der Waals surface area contributed by atoms with Gasteiger partial charge in [0.25, 0.3) is 0 Å². The predicted molar refractivity (Wildman–Crippen MR) is 192 cm³/mol. The molecule has 0 bridgehead atoms. The van der Waals surface area contributed by atoms with Crippen LogP contribution in [0.25, 0.3) is 0 Å². The van der Waals surface area contributed by atoms with Crippen LogP contribution in [0.2, 0.25) is 0 Å². The third-order valence-corrected chi connectivity index (χ3v) is 9.01. The lowest BCUT2D eigenvalue weighted by atomic mass is 10.0. The molecule has 3 nitrogen and oxygen atoms in total. The van der Waals surface area contributed by atoms with E-state index < -0.39 is 5.97 Å². The quantitative estimate of drug-likeness (QED) is 0.0694. The van der Waals surface area contributed by atoms with E-state index in [9.17, 15) is 4.79 Å². The summed E-state index contributed by atoms with van der Waals surface area (Å²) < 4.78 is 0. The van der Waals surface area contributed by atoms with Crippen molar-refractivity contribution in [2.24, 2.45) is 0 Å². The highest BCUT2D eigenvalue weighted by Gasteiger charge is 1.98. The Morgan fingerprint density at radius 1 is 0.326 bits per heavy atom. The average Bonchev–Trinajstić information content (AvgIpc) is 3.00. The van der Waals surface area contributed by atoms with Crippen molar-refractivity contribution in [3.63, 3.8) is 0 Å². The summed E-state index contributed by atoms with van der Waals surface area (Å²) in [5, 5.41) is 17.2. The van der Waals surface area contributed by atoms with Crippen molar-refractivity contribution in [3.05, 3.63) is 0 Å². The molecule has 0 saturated carbocycles. The van der Waals surface area contributed by atoms with Crippen LogP contribution in [0.5, 0.6) is 0 Å². The maximum atomic E-state index is 10.3. The van der Waals surface area contributed by atoms with E-state index in [1.54, 1.807) is 0 Å². The highest BCUT2D eigenvalue weighted by molar-refractivity contribution is 5.66. The normalized spacial score (nSPS) is 11.0. The van der Waals surface area contributed by atoms with E-state index in [1.807, 2.05) is 0 Å². The molecule has 0 radical (unpaired) electrons. The van der Waals surface area contributed by atoms with Crippen molar-refractivity contribution in [1.29, 1.82) is 0 Å². The van der Waals surface area contributed by atoms with Crippen LogP contribution in [0.4, 0.5) is 0 Å². The molecule has 0 aliphatic rings. The monoisotopic (exact) mass is 611 g/mol. The van der Waals surface area contributed by atoms with Crippen molar-refractivity contribution in [2.45, 2.75) is 245 Å². The van der Waals surface area contributed by atoms with Crippen LogP contribution < -0.4 is 0 Å². The van der Waals surface area contributed by atoms with E-state index in [-0.39, 0.29) is 0 Å². The summed E-state index contributed by atoms with van der Waals surface area (Å²) in [5.74, 6) is -0.653. The van der Waals surface area contributed by atoms with Crippen LogP contribution in [0.3, 0.4) is 0 Å². The van der Waals surface area contributed by atoms with Gasteiger partial charge in [-0.2, -0.15) is 0 Å². The van der Waals surface area contributed by atoms with Crippen molar-refractivity contribution in [3.8, 4) is 0 Å². The number of aliphatic hydroxyl groups excluding tert-OH is 1. The van der Waals surface area contributed by atoms with Gasteiger partial charge in [0.1, 0.15) is 0 Å². The Labute approximate surface area is 272 Å². The van der Waals surface area contributed by atoms with Gasteiger partial charge in [0.15, 0.2) is 0 Å². The van der Waals surface area contributed by atoms with Gasteiger partial charge in [0, 0.05) is 13.0 Å². The molecule has 0 heterocycles. The van der Waals surface area contributed by atoms with Gasteiger partial charge in [-0.15, -0.1) is 0 Å². The van der Waals surface area contributed by atoms with Gasteiger partial charge in [0.05, 0.1) is 0 Å². The fourth-order valence-electron chi connectivity index (χ4n) is 6.01. The largest absolute Gasteiger partial charge is 0.481 e. The third-order valence-electron chi connectivity index (χ3n) is 9.01. The van der Waals surface area contributed by atoms with Crippen molar-refractivity contribution >= 4 is 5.97 Å². The third kappa shape index (κ3) is 48.5.